The van der Waals surface area contributed by atoms with E-state index in [4.69, 9.17) is 9.41 Å². The second-order valence-corrected chi connectivity index (χ2v) is 17.7. The van der Waals surface area contributed by atoms with E-state index in [9.17, 15) is 0 Å². The molecule has 9 aromatic carbocycles. The lowest BCUT2D eigenvalue weighted by Gasteiger charge is -2.31. The number of rotatable bonds is 5. The third-order valence-electron chi connectivity index (χ3n) is 14.1. The number of aromatic nitrogens is 2. The van der Waals surface area contributed by atoms with Crippen LogP contribution in [0, 0.1) is 0 Å². The van der Waals surface area contributed by atoms with Gasteiger partial charge in [0.2, 0.25) is 0 Å². The molecule has 1 N–H and O–H groups in total. The Labute approximate surface area is 374 Å². The van der Waals surface area contributed by atoms with Gasteiger partial charge in [0.05, 0.1) is 39.8 Å². The molecular weight excluding hydrogens is 793 g/mol. The van der Waals surface area contributed by atoms with Crippen molar-refractivity contribution in [1.82, 2.24) is 14.5 Å². The summed E-state index contributed by atoms with van der Waals surface area (Å²) in [6.45, 7) is 0. The lowest BCUT2D eigenvalue weighted by Crippen LogP contribution is -2.37. The molecule has 65 heavy (non-hydrogen) atoms. The van der Waals surface area contributed by atoms with Gasteiger partial charge in [-0.25, -0.2) is 0 Å². The highest BCUT2D eigenvalue weighted by molar-refractivity contribution is 6.39. The Morgan fingerprint density at radius 1 is 0.508 bits per heavy atom. The fourth-order valence-corrected chi connectivity index (χ4v) is 11.3. The Kier molecular flexibility index (Phi) is 7.93. The molecule has 14 rings (SSSR count). The van der Waals surface area contributed by atoms with Crippen LogP contribution in [0.3, 0.4) is 0 Å². The van der Waals surface area contributed by atoms with Crippen molar-refractivity contribution in [3.8, 4) is 11.4 Å². The Balaban J connectivity index is 1.05. The van der Waals surface area contributed by atoms with E-state index in [1.54, 1.807) is 0 Å². The number of hydrogen-bond acceptors (Lipinski definition) is 3. The van der Waals surface area contributed by atoms with E-state index in [1.807, 2.05) is 0 Å². The first kappa shape index (κ1) is 36.3. The summed E-state index contributed by atoms with van der Waals surface area (Å²) in [4.78, 5) is 5.48. The third-order valence-corrected chi connectivity index (χ3v) is 14.1. The quantitative estimate of drug-likeness (QED) is 0.188. The Morgan fingerprint density at radius 3 is 2.06 bits per heavy atom. The summed E-state index contributed by atoms with van der Waals surface area (Å²) in [6.07, 6.45) is 9.99. The van der Waals surface area contributed by atoms with E-state index in [1.165, 1.54) is 70.8 Å². The predicted octanol–water partition coefficient (Wildman–Crippen LogP) is 15.2. The van der Waals surface area contributed by atoms with Gasteiger partial charge in [-0.15, -0.1) is 0 Å². The van der Waals surface area contributed by atoms with Crippen LogP contribution in [0.5, 0.6) is 0 Å². The van der Waals surface area contributed by atoms with Crippen LogP contribution in [0.15, 0.2) is 215 Å². The van der Waals surface area contributed by atoms with Crippen molar-refractivity contribution in [2.24, 2.45) is 4.99 Å². The first-order valence-corrected chi connectivity index (χ1v) is 22.8. The molecule has 0 saturated heterocycles. The lowest BCUT2D eigenvalue weighted by atomic mass is 9.90. The third kappa shape index (κ3) is 5.42. The number of benzene rings is 9. The first-order valence-electron chi connectivity index (χ1n) is 22.8. The number of nitrogens with zero attached hydrogens (tertiary/aromatic N) is 3. The SMILES string of the molecule is C1=CC(C2CC(c3ccccc3)NC(c3cccc4oc5cc(-n6c7ccccc7c7c8ccccc8c8c9c%10ccccc%10ccc9n(-c9ccccc9)c8c76)ccc5c34)=N2)=CCC1. The number of aliphatic imine (C=N–C) groups is 1. The molecule has 308 valence electrons. The molecule has 2 unspecified atom stereocenters. The molecule has 12 aromatic rings. The number of amidine groups is 1. The van der Waals surface area contributed by atoms with E-state index >= 15 is 0 Å². The van der Waals surface area contributed by atoms with Gasteiger partial charge < -0.3 is 18.9 Å². The van der Waals surface area contributed by atoms with Gasteiger partial charge in [-0.05, 0) is 94.4 Å². The lowest BCUT2D eigenvalue weighted by molar-refractivity contribution is 0.515. The normalized spacial score (nSPS) is 16.7. The Bertz CT molecular complexity index is 4010. The summed E-state index contributed by atoms with van der Waals surface area (Å²) in [6, 6.07) is 66.4. The molecule has 2 aliphatic rings. The molecule has 0 radical (unpaired) electrons. The number of hydrogen-bond donors (Lipinski definition) is 1. The Hall–Kier alpha value is -8.15. The van der Waals surface area contributed by atoms with Gasteiger partial charge in [-0.3, -0.25) is 4.99 Å². The highest BCUT2D eigenvalue weighted by Gasteiger charge is 2.30. The van der Waals surface area contributed by atoms with Gasteiger partial charge in [0.25, 0.3) is 0 Å². The minimum Gasteiger partial charge on any atom is -0.456 e. The maximum absolute atomic E-state index is 6.92. The number of nitrogens with one attached hydrogen (secondary N) is 1. The monoisotopic (exact) mass is 834 g/mol. The molecule has 0 spiro atoms. The number of furan rings is 1. The van der Waals surface area contributed by atoms with Crippen molar-refractivity contribution in [2.45, 2.75) is 31.3 Å². The molecule has 0 saturated carbocycles. The van der Waals surface area contributed by atoms with Gasteiger partial charge in [0.1, 0.15) is 17.0 Å². The van der Waals surface area contributed by atoms with Crippen LogP contribution in [0.4, 0.5) is 0 Å². The van der Waals surface area contributed by atoms with Crippen LogP contribution in [0.2, 0.25) is 0 Å². The number of para-hydroxylation sites is 2. The van der Waals surface area contributed by atoms with Crippen LogP contribution in [-0.4, -0.2) is 21.0 Å². The summed E-state index contributed by atoms with van der Waals surface area (Å²) >= 11 is 0. The summed E-state index contributed by atoms with van der Waals surface area (Å²) in [5, 5.41) is 16.0. The fourth-order valence-electron chi connectivity index (χ4n) is 11.3. The van der Waals surface area contributed by atoms with Crippen molar-refractivity contribution in [3.63, 3.8) is 0 Å². The molecule has 4 heterocycles. The molecule has 2 atom stereocenters. The summed E-state index contributed by atoms with van der Waals surface area (Å²) in [5.74, 6) is 0.908. The van der Waals surface area contributed by atoms with Crippen LogP contribution >= 0.6 is 0 Å². The van der Waals surface area contributed by atoms with E-state index < -0.39 is 0 Å². The molecule has 0 fully saturated rings. The van der Waals surface area contributed by atoms with Gasteiger partial charge in [0.15, 0.2) is 0 Å². The van der Waals surface area contributed by atoms with Crippen LogP contribution < -0.4 is 5.32 Å². The molecule has 1 aliphatic carbocycles. The largest absolute Gasteiger partial charge is 0.456 e. The van der Waals surface area contributed by atoms with Crippen molar-refractivity contribution < 1.29 is 4.42 Å². The molecular formula is C60H42N4O. The fraction of sp³-hybridized carbons (Fsp3) is 0.0833. The number of fused-ring (bicyclic) bond motifs is 15. The molecule has 0 amide bonds. The summed E-state index contributed by atoms with van der Waals surface area (Å²) in [5.41, 5.74) is 12.2. The van der Waals surface area contributed by atoms with Crippen LogP contribution in [0.1, 0.15) is 36.4 Å². The van der Waals surface area contributed by atoms with E-state index in [0.29, 0.717) is 0 Å². The van der Waals surface area contributed by atoms with Crippen molar-refractivity contribution in [1.29, 1.82) is 0 Å². The predicted molar refractivity (Wildman–Crippen MR) is 271 cm³/mol. The minimum atomic E-state index is 0.0562. The van der Waals surface area contributed by atoms with Crippen LogP contribution in [-0.2, 0) is 0 Å². The standard InChI is InChI=1S/C60H42N4O/c1-4-18-38(19-5-1)48-36-49(39-20-6-2-7-21-39)62-60(61-48)47-28-16-30-52-54(47)46-33-32-41(35-53(46)65-52)64-50-29-15-14-27-45(50)55-43-25-12-13-26-44(43)57-56-42-24-11-10-17-37(42)31-34-51(56)63(59(57)58(55)64)40-22-8-3-9-23-40/h1,3-6,8-35,48-49H,2,7,36H2,(H,61,62). The summed E-state index contributed by atoms with van der Waals surface area (Å²) in [7, 11) is 0. The van der Waals surface area contributed by atoms with Gasteiger partial charge in [-0.1, -0.05) is 152 Å². The molecule has 3 aromatic heterocycles. The maximum atomic E-state index is 6.92. The van der Waals surface area contributed by atoms with Crippen molar-refractivity contribution in [2.75, 3.05) is 0 Å². The van der Waals surface area contributed by atoms with E-state index in [0.717, 1.165) is 69.5 Å². The molecule has 5 heteroatoms. The minimum absolute atomic E-state index is 0.0562. The smallest absolute Gasteiger partial charge is 0.137 e. The second kappa shape index (κ2) is 14.2. The van der Waals surface area contributed by atoms with Gasteiger partial charge >= 0.3 is 0 Å². The van der Waals surface area contributed by atoms with Crippen LogP contribution in [0.25, 0.3) is 98.5 Å². The molecule has 0 bridgehead atoms. The maximum Gasteiger partial charge on any atom is 0.137 e. The second-order valence-electron chi connectivity index (χ2n) is 17.7. The zero-order valence-corrected chi connectivity index (χ0v) is 35.6. The van der Waals surface area contributed by atoms with Gasteiger partial charge in [0, 0.05) is 49.6 Å². The zero-order chi connectivity index (χ0) is 42.6. The topological polar surface area (TPSA) is 47.4 Å². The average molecular weight is 835 g/mol. The zero-order valence-electron chi connectivity index (χ0n) is 35.6. The highest BCUT2D eigenvalue weighted by atomic mass is 16.3. The van der Waals surface area contributed by atoms with E-state index in [2.05, 4.69) is 215 Å². The van der Waals surface area contributed by atoms with E-state index in [-0.39, 0.29) is 12.1 Å². The van der Waals surface area contributed by atoms with Gasteiger partial charge in [-0.2, -0.15) is 0 Å². The van der Waals surface area contributed by atoms with Crippen molar-refractivity contribution in [3.05, 3.63) is 217 Å². The molecule has 5 nitrogen and oxygen atoms in total. The van der Waals surface area contributed by atoms with Crippen molar-refractivity contribution >= 4 is 92.9 Å². The Morgan fingerprint density at radius 2 is 1.23 bits per heavy atom. The molecule has 1 aliphatic heterocycles. The highest BCUT2D eigenvalue weighted by Crippen LogP contribution is 2.48. The number of allylic oxidation sites excluding steroid dienone is 2. The average Bonchev–Trinajstić information content (AvgIpc) is 4.05. The first-order chi connectivity index (χ1) is 32.3. The summed E-state index contributed by atoms with van der Waals surface area (Å²) < 4.78 is 11.9.